The van der Waals surface area contributed by atoms with Gasteiger partial charge in [-0.3, -0.25) is 9.59 Å². The second kappa shape index (κ2) is 12.9. The quantitative estimate of drug-likeness (QED) is 0.503. The third-order valence-corrected chi connectivity index (χ3v) is 7.81. The molecule has 5 atom stereocenters. The van der Waals surface area contributed by atoms with Crippen LogP contribution in [0.5, 0.6) is 0 Å². The molecule has 0 aromatic carbocycles. The summed E-state index contributed by atoms with van der Waals surface area (Å²) in [5, 5.41) is 35.0. The van der Waals surface area contributed by atoms with Gasteiger partial charge in [-0.05, 0) is 37.3 Å². The van der Waals surface area contributed by atoms with Crippen LogP contribution in [0.2, 0.25) is 0 Å². The zero-order valence-corrected chi connectivity index (χ0v) is 21.9. The molecular weight excluding hydrogens is 454 g/mol. The van der Waals surface area contributed by atoms with Crippen LogP contribution in [-0.2, 0) is 14.3 Å². The lowest BCUT2D eigenvalue weighted by Gasteiger charge is -2.34. The van der Waals surface area contributed by atoms with Crippen LogP contribution in [0.25, 0.3) is 6.08 Å². The highest BCUT2D eigenvalue weighted by atomic mass is 32.1. The van der Waals surface area contributed by atoms with Crippen molar-refractivity contribution in [3.05, 3.63) is 21.7 Å². The van der Waals surface area contributed by atoms with Crippen LogP contribution < -0.4 is 0 Å². The van der Waals surface area contributed by atoms with Gasteiger partial charge in [-0.15, -0.1) is 11.3 Å². The van der Waals surface area contributed by atoms with E-state index in [-0.39, 0.29) is 24.7 Å². The second-order valence-electron chi connectivity index (χ2n) is 10.2. The number of ether oxygens (including phenoxy) is 1. The Morgan fingerprint density at radius 2 is 1.74 bits per heavy atom. The summed E-state index contributed by atoms with van der Waals surface area (Å²) in [4.78, 5) is 30.0. The monoisotopic (exact) mass is 495 g/mol. The predicted molar refractivity (Wildman–Crippen MR) is 133 cm³/mol. The summed E-state index contributed by atoms with van der Waals surface area (Å²) < 4.78 is 5.40. The number of nitrogens with zero attached hydrogens (tertiary/aromatic N) is 1. The molecule has 0 saturated carbocycles. The van der Waals surface area contributed by atoms with E-state index >= 15 is 0 Å². The standard InChI is InChI=1S/C26H41NO6S/c1-16-10-8-6-7-9-11-21(28)19(12-20-15-34-18(3)27-20)14-33-23(30)13-22(29)26(4,5)25(32)17(2)24(16)31/h12,15-17,21-22,24,28-29,31H,6-11,13-14H2,1-5H3/b19-12-/t16-,17+,21-,22-,24-/m0/s1. The molecule has 0 unspecified atom stereocenters. The zero-order chi connectivity index (χ0) is 25.5. The van der Waals surface area contributed by atoms with Crippen LogP contribution in [0.3, 0.4) is 0 Å². The Kier molecular flexibility index (Phi) is 10.9. The maximum Gasteiger partial charge on any atom is 0.308 e. The maximum atomic E-state index is 13.1. The van der Waals surface area contributed by atoms with Crippen molar-refractivity contribution in [2.75, 3.05) is 6.61 Å². The van der Waals surface area contributed by atoms with Crippen LogP contribution in [-0.4, -0.2) is 57.0 Å². The van der Waals surface area contributed by atoms with E-state index in [0.29, 0.717) is 17.7 Å². The molecule has 0 spiro atoms. The number of aliphatic hydroxyl groups is 3. The third kappa shape index (κ3) is 7.97. The summed E-state index contributed by atoms with van der Waals surface area (Å²) in [5.41, 5.74) is 0.0546. The number of carbonyl (C=O) groups excluding carboxylic acids is 2. The normalized spacial score (nSPS) is 32.1. The van der Waals surface area contributed by atoms with Crippen molar-refractivity contribution in [3.63, 3.8) is 0 Å². The zero-order valence-electron chi connectivity index (χ0n) is 21.1. The second-order valence-corrected chi connectivity index (χ2v) is 11.3. The number of aromatic nitrogens is 1. The van der Waals surface area contributed by atoms with E-state index in [1.54, 1.807) is 26.8 Å². The molecule has 34 heavy (non-hydrogen) atoms. The number of esters is 1. The molecule has 1 aliphatic heterocycles. The lowest BCUT2D eigenvalue weighted by molar-refractivity contribution is -0.151. The van der Waals surface area contributed by atoms with Crippen LogP contribution in [0.4, 0.5) is 0 Å². The van der Waals surface area contributed by atoms with Gasteiger partial charge in [-0.1, -0.05) is 53.4 Å². The van der Waals surface area contributed by atoms with Crippen molar-refractivity contribution in [1.82, 2.24) is 4.98 Å². The van der Waals surface area contributed by atoms with Crippen molar-refractivity contribution < 1.29 is 29.6 Å². The highest BCUT2D eigenvalue weighted by Gasteiger charge is 2.42. The van der Waals surface area contributed by atoms with E-state index in [4.69, 9.17) is 4.74 Å². The SMILES string of the molecule is Cc1nc(/C=C2/COC(=O)C[C@H](O)C(C)(C)C(=O)[C@H](C)[C@@H](O)[C@@H](C)CCCCCC[C@@H]2O)cs1. The van der Waals surface area contributed by atoms with Crippen molar-refractivity contribution in [3.8, 4) is 0 Å². The van der Waals surface area contributed by atoms with E-state index in [1.165, 1.54) is 11.3 Å². The molecule has 0 aliphatic carbocycles. The minimum absolute atomic E-state index is 0.0579. The number of aliphatic hydroxyl groups excluding tert-OH is 3. The Morgan fingerprint density at radius 1 is 1.09 bits per heavy atom. The van der Waals surface area contributed by atoms with E-state index in [0.717, 1.165) is 37.1 Å². The number of cyclic esters (lactones) is 1. The first-order valence-electron chi connectivity index (χ1n) is 12.3. The smallest absolute Gasteiger partial charge is 0.308 e. The summed E-state index contributed by atoms with van der Waals surface area (Å²) in [6, 6.07) is 0. The molecule has 1 aromatic heterocycles. The molecule has 192 valence electrons. The van der Waals surface area contributed by atoms with Gasteiger partial charge in [-0.2, -0.15) is 0 Å². The van der Waals surface area contributed by atoms with Gasteiger partial charge in [0.05, 0.1) is 40.8 Å². The Hall–Kier alpha value is -1.61. The van der Waals surface area contributed by atoms with Gasteiger partial charge in [0.1, 0.15) is 12.4 Å². The van der Waals surface area contributed by atoms with E-state index in [1.807, 2.05) is 19.2 Å². The van der Waals surface area contributed by atoms with Crippen LogP contribution >= 0.6 is 11.3 Å². The Bertz CT molecular complexity index is 848. The number of carbonyl (C=O) groups is 2. The number of Topliss-reactive ketones (excluding diaryl/α,β-unsaturated/α-hetero) is 1. The first-order valence-corrected chi connectivity index (χ1v) is 13.2. The van der Waals surface area contributed by atoms with Gasteiger partial charge in [0.25, 0.3) is 0 Å². The number of thiazole rings is 1. The number of hydrogen-bond donors (Lipinski definition) is 3. The highest BCUT2D eigenvalue weighted by Crippen LogP contribution is 2.32. The molecule has 2 rings (SSSR count). The van der Waals surface area contributed by atoms with Gasteiger partial charge in [0.15, 0.2) is 0 Å². The van der Waals surface area contributed by atoms with Gasteiger partial charge in [0.2, 0.25) is 0 Å². The number of ketones is 1. The van der Waals surface area contributed by atoms with Crippen molar-refractivity contribution in [2.45, 2.75) is 97.9 Å². The van der Waals surface area contributed by atoms with Gasteiger partial charge in [0, 0.05) is 11.3 Å². The molecule has 1 aliphatic rings. The lowest BCUT2D eigenvalue weighted by atomic mass is 9.73. The molecule has 8 heteroatoms. The Balaban J connectivity index is 2.22. The molecule has 1 aromatic rings. The van der Waals surface area contributed by atoms with Crippen molar-refractivity contribution in [2.24, 2.45) is 17.3 Å². The largest absolute Gasteiger partial charge is 0.461 e. The molecule has 0 bridgehead atoms. The average molecular weight is 496 g/mol. The van der Waals surface area contributed by atoms with Crippen LogP contribution in [0, 0.1) is 24.2 Å². The first kappa shape index (κ1) is 28.6. The summed E-state index contributed by atoms with van der Waals surface area (Å²) >= 11 is 1.50. The highest BCUT2D eigenvalue weighted by molar-refractivity contribution is 7.09. The van der Waals surface area contributed by atoms with Gasteiger partial charge in [-0.25, -0.2) is 4.98 Å². The molecule has 1 saturated heterocycles. The molecule has 1 fully saturated rings. The maximum absolute atomic E-state index is 13.1. The fourth-order valence-electron chi connectivity index (χ4n) is 4.42. The van der Waals surface area contributed by atoms with Crippen molar-refractivity contribution >= 4 is 29.2 Å². The minimum atomic E-state index is -1.25. The average Bonchev–Trinajstić information content (AvgIpc) is 3.20. The van der Waals surface area contributed by atoms with E-state index in [2.05, 4.69) is 4.98 Å². The molecule has 0 amide bonds. The Morgan fingerprint density at radius 3 is 2.35 bits per heavy atom. The molecule has 7 nitrogen and oxygen atoms in total. The third-order valence-electron chi connectivity index (χ3n) is 7.02. The van der Waals surface area contributed by atoms with Gasteiger partial charge < -0.3 is 20.1 Å². The predicted octanol–water partition coefficient (Wildman–Crippen LogP) is 4.07. The molecule has 3 N–H and O–H groups in total. The number of hydrogen-bond acceptors (Lipinski definition) is 8. The van der Waals surface area contributed by atoms with E-state index < -0.39 is 35.6 Å². The summed E-state index contributed by atoms with van der Waals surface area (Å²) in [6.07, 6.45) is 3.58. The van der Waals surface area contributed by atoms with Gasteiger partial charge >= 0.3 is 5.97 Å². The molecule has 0 radical (unpaired) electrons. The minimum Gasteiger partial charge on any atom is -0.461 e. The summed E-state index contributed by atoms with van der Waals surface area (Å²) in [7, 11) is 0. The first-order chi connectivity index (χ1) is 15.9. The van der Waals surface area contributed by atoms with Crippen molar-refractivity contribution in [1.29, 1.82) is 0 Å². The Labute approximate surface area is 207 Å². The summed E-state index contributed by atoms with van der Waals surface area (Å²) in [6.45, 7) is 8.61. The fraction of sp³-hybridized carbons (Fsp3) is 0.731. The van der Waals surface area contributed by atoms with E-state index in [9.17, 15) is 24.9 Å². The summed E-state index contributed by atoms with van der Waals surface area (Å²) in [5.74, 6) is -1.63. The van der Waals surface area contributed by atoms with Crippen LogP contribution in [0.15, 0.2) is 11.0 Å². The molecular formula is C26H41NO6S. The lowest BCUT2D eigenvalue weighted by Crippen LogP contribution is -2.45. The number of rotatable bonds is 1. The number of aryl methyl sites for hydroxylation is 1. The fourth-order valence-corrected chi connectivity index (χ4v) is 4.99. The van der Waals surface area contributed by atoms with Crippen LogP contribution in [0.1, 0.15) is 83.3 Å². The molecule has 2 heterocycles. The topological polar surface area (TPSA) is 117 Å².